The Kier molecular flexibility index (Phi) is 9.21. The summed E-state index contributed by atoms with van der Waals surface area (Å²) >= 11 is 7.41. The van der Waals surface area contributed by atoms with Gasteiger partial charge in [-0.15, -0.1) is 11.3 Å². The van der Waals surface area contributed by atoms with Crippen molar-refractivity contribution in [2.24, 2.45) is 0 Å². The van der Waals surface area contributed by atoms with Gasteiger partial charge in [0.05, 0.1) is 28.5 Å². The Morgan fingerprint density at radius 2 is 1.79 bits per heavy atom. The first-order valence-corrected chi connectivity index (χ1v) is 16.7. The van der Waals surface area contributed by atoms with Gasteiger partial charge < -0.3 is 15.0 Å². The number of benzene rings is 2. The smallest absolute Gasteiger partial charge is 0.266 e. The highest BCUT2D eigenvalue weighted by Crippen LogP contribution is 2.40. The van der Waals surface area contributed by atoms with Gasteiger partial charge in [-0.3, -0.25) is 9.52 Å². The lowest BCUT2D eigenvalue weighted by molar-refractivity contribution is 0.0604. The highest BCUT2D eigenvalue weighted by molar-refractivity contribution is 7.92. The van der Waals surface area contributed by atoms with Crippen molar-refractivity contribution in [2.75, 3.05) is 25.1 Å². The van der Waals surface area contributed by atoms with Crippen LogP contribution >= 0.6 is 22.9 Å². The molecule has 1 fully saturated rings. The molecule has 0 radical (unpaired) electrons. The molecule has 2 N–H and O–H groups in total. The van der Waals surface area contributed by atoms with E-state index in [4.69, 9.17) is 16.3 Å². The number of thiophene rings is 1. The first-order valence-electron chi connectivity index (χ1n) is 13.6. The van der Waals surface area contributed by atoms with Crippen LogP contribution in [0.15, 0.2) is 48.7 Å². The lowest BCUT2D eigenvalue weighted by atomic mass is 9.89. The zero-order chi connectivity index (χ0) is 30.9. The molecule has 4 aromatic rings. The summed E-state index contributed by atoms with van der Waals surface area (Å²) in [5, 5.41) is 3.12. The van der Waals surface area contributed by atoms with Crippen LogP contribution < -0.4 is 14.8 Å². The van der Waals surface area contributed by atoms with Crippen LogP contribution in [0, 0.1) is 11.6 Å². The molecule has 0 saturated heterocycles. The number of rotatable bonds is 9. The number of nitrogens with one attached hydrogen (secondary N) is 2. The molecule has 1 aliphatic carbocycles. The van der Waals surface area contributed by atoms with Gasteiger partial charge in [0, 0.05) is 36.0 Å². The largest absolute Gasteiger partial charge is 0.496 e. The number of pyridine rings is 1. The van der Waals surface area contributed by atoms with Crippen molar-refractivity contribution in [2.45, 2.75) is 44.3 Å². The fourth-order valence-corrected chi connectivity index (χ4v) is 7.49. The van der Waals surface area contributed by atoms with E-state index in [1.54, 1.807) is 36.4 Å². The van der Waals surface area contributed by atoms with Crippen molar-refractivity contribution >= 4 is 54.8 Å². The Bertz CT molecular complexity index is 1760. The van der Waals surface area contributed by atoms with Crippen molar-refractivity contribution in [3.63, 3.8) is 0 Å². The SMILES string of the molecule is CNC1CCC(N(Cc2cc(-c3ccc(NS(C)(=O)=O)nc3)ccc2OC)C(=O)c2sc3c(F)ccc(F)c3c2Cl)CC1. The fraction of sp³-hybridized carbons (Fsp3) is 0.333. The molecular formula is C30H31ClF2N4O4S2. The van der Waals surface area contributed by atoms with E-state index >= 15 is 0 Å². The van der Waals surface area contributed by atoms with Gasteiger partial charge in [-0.05, 0) is 74.7 Å². The average molecular weight is 649 g/mol. The van der Waals surface area contributed by atoms with Gasteiger partial charge in [0.1, 0.15) is 28.1 Å². The van der Waals surface area contributed by atoms with Gasteiger partial charge in [0.2, 0.25) is 10.0 Å². The van der Waals surface area contributed by atoms with Crippen LogP contribution in [-0.4, -0.2) is 56.7 Å². The molecule has 8 nitrogen and oxygen atoms in total. The van der Waals surface area contributed by atoms with Gasteiger partial charge in [0.25, 0.3) is 5.91 Å². The van der Waals surface area contributed by atoms with E-state index in [1.165, 1.54) is 0 Å². The van der Waals surface area contributed by atoms with Gasteiger partial charge in [0.15, 0.2) is 0 Å². The maximum absolute atomic E-state index is 14.7. The molecule has 5 rings (SSSR count). The first-order chi connectivity index (χ1) is 20.5. The number of amides is 1. The number of aromatic nitrogens is 1. The first kappa shape index (κ1) is 31.1. The number of fused-ring (bicyclic) bond motifs is 1. The van der Waals surface area contributed by atoms with Crippen molar-refractivity contribution in [3.8, 4) is 16.9 Å². The summed E-state index contributed by atoms with van der Waals surface area (Å²) in [7, 11) is -0.00263. The van der Waals surface area contributed by atoms with E-state index in [-0.39, 0.29) is 38.4 Å². The van der Waals surface area contributed by atoms with Crippen molar-refractivity contribution in [1.82, 2.24) is 15.2 Å². The average Bonchev–Trinajstić information content (AvgIpc) is 3.35. The molecule has 1 saturated carbocycles. The fourth-order valence-electron chi connectivity index (χ4n) is 5.49. The Morgan fingerprint density at radius 1 is 1.09 bits per heavy atom. The predicted octanol–water partition coefficient (Wildman–Crippen LogP) is 6.45. The molecule has 43 heavy (non-hydrogen) atoms. The molecule has 2 aromatic carbocycles. The molecule has 2 aromatic heterocycles. The predicted molar refractivity (Wildman–Crippen MR) is 166 cm³/mol. The molecule has 0 atom stereocenters. The Balaban J connectivity index is 1.52. The number of nitrogens with zero attached hydrogens (tertiary/aromatic N) is 2. The summed E-state index contributed by atoms with van der Waals surface area (Å²) in [6, 6.07) is 11.1. The van der Waals surface area contributed by atoms with E-state index in [0.29, 0.717) is 11.8 Å². The highest BCUT2D eigenvalue weighted by Gasteiger charge is 2.33. The molecular weight excluding hydrogens is 618 g/mol. The number of anilines is 1. The molecule has 13 heteroatoms. The van der Waals surface area contributed by atoms with Crippen molar-refractivity contribution in [3.05, 3.63) is 75.8 Å². The maximum Gasteiger partial charge on any atom is 0.266 e. The summed E-state index contributed by atoms with van der Waals surface area (Å²) in [5.74, 6) is -0.957. The Morgan fingerprint density at radius 3 is 2.40 bits per heavy atom. The van der Waals surface area contributed by atoms with Crippen molar-refractivity contribution in [1.29, 1.82) is 0 Å². The number of ether oxygens (including phenoxy) is 1. The van der Waals surface area contributed by atoms with Crippen LogP contribution in [0.5, 0.6) is 5.75 Å². The van der Waals surface area contributed by atoms with Crippen LogP contribution in [0.2, 0.25) is 5.02 Å². The second-order valence-corrected chi connectivity index (χ2v) is 13.7. The number of methoxy groups -OCH3 is 1. The van der Waals surface area contributed by atoms with E-state index in [2.05, 4.69) is 15.0 Å². The highest BCUT2D eigenvalue weighted by atomic mass is 35.5. The van der Waals surface area contributed by atoms with Crippen LogP contribution in [-0.2, 0) is 16.6 Å². The van der Waals surface area contributed by atoms with Gasteiger partial charge in [-0.1, -0.05) is 17.7 Å². The van der Waals surface area contributed by atoms with E-state index in [9.17, 15) is 22.0 Å². The zero-order valence-corrected chi connectivity index (χ0v) is 26.2. The minimum absolute atomic E-state index is 0.00748. The normalized spacial score (nSPS) is 17.2. The Hall–Kier alpha value is -3.32. The standard InChI is InChI=1S/C30H31ClF2N4O4S2/c1-34-20-6-8-21(9-7-20)37(30(38)29-27(31)26-22(32)10-11-23(33)28(26)42-29)16-19-14-17(4-12-24(19)41-2)18-5-13-25(35-15-18)36-43(3,39)40/h4-5,10-15,20-21,34H,6-9,16H2,1-3H3,(H,35,36). The third-order valence-corrected chi connectivity index (χ3v) is 9.95. The molecule has 228 valence electrons. The zero-order valence-electron chi connectivity index (χ0n) is 23.8. The third-order valence-electron chi connectivity index (χ3n) is 7.69. The molecule has 0 aliphatic heterocycles. The summed E-state index contributed by atoms with van der Waals surface area (Å²) in [5.41, 5.74) is 2.23. The molecule has 2 heterocycles. The van der Waals surface area contributed by atoms with E-state index in [0.717, 1.165) is 72.1 Å². The minimum atomic E-state index is -3.47. The topological polar surface area (TPSA) is 101 Å². The minimum Gasteiger partial charge on any atom is -0.496 e. The Labute approximate surface area is 258 Å². The van der Waals surface area contributed by atoms with Gasteiger partial charge in [-0.25, -0.2) is 22.2 Å². The summed E-state index contributed by atoms with van der Waals surface area (Å²) in [4.78, 5) is 20.2. The second kappa shape index (κ2) is 12.7. The molecule has 1 amide bonds. The number of halogens is 3. The number of hydrogen-bond donors (Lipinski definition) is 2. The molecule has 1 aliphatic rings. The van der Waals surface area contributed by atoms with Gasteiger partial charge >= 0.3 is 0 Å². The van der Waals surface area contributed by atoms with Crippen LogP contribution in [0.4, 0.5) is 14.6 Å². The number of carbonyl (C=O) groups excluding carboxylic acids is 1. The number of carbonyl (C=O) groups is 1. The van der Waals surface area contributed by atoms with Crippen LogP contribution in [0.25, 0.3) is 21.2 Å². The van der Waals surface area contributed by atoms with Crippen LogP contribution in [0.1, 0.15) is 40.9 Å². The number of sulfonamides is 1. The molecule has 0 unspecified atom stereocenters. The van der Waals surface area contributed by atoms with Crippen molar-refractivity contribution < 1.29 is 26.7 Å². The third kappa shape index (κ3) is 6.77. The quantitative estimate of drug-likeness (QED) is 0.216. The molecule has 0 spiro atoms. The summed E-state index contributed by atoms with van der Waals surface area (Å²) < 4.78 is 60.4. The van der Waals surface area contributed by atoms with Gasteiger partial charge in [-0.2, -0.15) is 0 Å². The molecule has 0 bridgehead atoms. The van der Waals surface area contributed by atoms with E-state index in [1.807, 2.05) is 19.2 Å². The second-order valence-electron chi connectivity index (χ2n) is 10.5. The summed E-state index contributed by atoms with van der Waals surface area (Å²) in [6.45, 7) is 0.168. The lowest BCUT2D eigenvalue weighted by Crippen LogP contribution is -2.44. The van der Waals surface area contributed by atoms with E-state index < -0.39 is 27.6 Å². The maximum atomic E-state index is 14.7. The van der Waals surface area contributed by atoms with Crippen LogP contribution in [0.3, 0.4) is 0 Å². The lowest BCUT2D eigenvalue weighted by Gasteiger charge is -2.37. The summed E-state index contributed by atoms with van der Waals surface area (Å²) in [6.07, 6.45) is 5.82. The number of hydrogen-bond acceptors (Lipinski definition) is 7. The monoisotopic (exact) mass is 648 g/mol.